The lowest BCUT2D eigenvalue weighted by Gasteiger charge is -2.00. The zero-order valence-electron chi connectivity index (χ0n) is 8.62. The van der Waals surface area contributed by atoms with E-state index in [0.717, 1.165) is 12.3 Å². The highest BCUT2D eigenvalue weighted by Crippen LogP contribution is 2.23. The van der Waals surface area contributed by atoms with Crippen LogP contribution in [0.15, 0.2) is 24.4 Å². The van der Waals surface area contributed by atoms with E-state index in [1.54, 1.807) is 0 Å². The number of benzene rings is 1. The lowest BCUT2D eigenvalue weighted by Crippen LogP contribution is -1.90. The van der Waals surface area contributed by atoms with Gasteiger partial charge in [-0.15, -0.1) is 0 Å². The molecule has 0 spiro atoms. The predicted octanol–water partition coefficient (Wildman–Crippen LogP) is 3.40. The van der Waals surface area contributed by atoms with Crippen LogP contribution < -0.4 is 0 Å². The Labute approximate surface area is 90.1 Å². The summed E-state index contributed by atoms with van der Waals surface area (Å²) in [5.74, 6) is 0.812. The molecule has 0 saturated heterocycles. The van der Waals surface area contributed by atoms with E-state index in [1.165, 1.54) is 22.0 Å². The monoisotopic (exact) mass is 205 g/mol. The van der Waals surface area contributed by atoms with Crippen molar-refractivity contribution in [1.29, 1.82) is 0 Å². The molecule has 0 N–H and O–H groups in total. The average molecular weight is 205 g/mol. The first-order valence-electron chi connectivity index (χ1n) is 4.95. The van der Waals surface area contributed by atoms with E-state index in [0.29, 0.717) is 0 Å². The van der Waals surface area contributed by atoms with E-state index in [-0.39, 0.29) is 0 Å². The molecule has 74 valence electrons. The molecule has 1 aromatic heterocycles. The summed E-state index contributed by atoms with van der Waals surface area (Å²) in [6, 6.07) is 6.60. The van der Waals surface area contributed by atoms with Gasteiger partial charge in [-0.2, -0.15) is 12.6 Å². The number of aryl methyl sites for hydroxylation is 2. The Balaban J connectivity index is 2.75. The second-order valence-electron chi connectivity index (χ2n) is 3.62. The fourth-order valence-corrected chi connectivity index (χ4v) is 2.12. The molecular weight excluding hydrogens is 190 g/mol. The Morgan fingerprint density at radius 2 is 2.14 bits per heavy atom. The van der Waals surface area contributed by atoms with Gasteiger partial charge in [0.1, 0.15) is 0 Å². The van der Waals surface area contributed by atoms with Crippen LogP contribution in [0.3, 0.4) is 0 Å². The van der Waals surface area contributed by atoms with Gasteiger partial charge in [0.05, 0.1) is 0 Å². The van der Waals surface area contributed by atoms with Crippen molar-refractivity contribution in [2.75, 3.05) is 0 Å². The van der Waals surface area contributed by atoms with Crippen molar-refractivity contribution in [2.24, 2.45) is 0 Å². The summed E-state index contributed by atoms with van der Waals surface area (Å²) < 4.78 is 2.29. The molecule has 0 aliphatic heterocycles. The Morgan fingerprint density at radius 3 is 2.79 bits per heavy atom. The van der Waals surface area contributed by atoms with Crippen molar-refractivity contribution in [3.63, 3.8) is 0 Å². The maximum absolute atomic E-state index is 4.35. The van der Waals surface area contributed by atoms with Gasteiger partial charge in [0, 0.05) is 29.4 Å². The second kappa shape index (κ2) is 3.70. The maximum atomic E-state index is 4.35. The van der Waals surface area contributed by atoms with Gasteiger partial charge in [-0.25, -0.2) is 0 Å². The molecule has 0 aliphatic rings. The third-order valence-corrected chi connectivity index (χ3v) is 2.97. The third kappa shape index (κ3) is 1.44. The van der Waals surface area contributed by atoms with Gasteiger partial charge >= 0.3 is 0 Å². The van der Waals surface area contributed by atoms with Crippen molar-refractivity contribution < 1.29 is 0 Å². The molecule has 1 heterocycles. The zero-order valence-corrected chi connectivity index (χ0v) is 9.51. The van der Waals surface area contributed by atoms with Crippen molar-refractivity contribution in [3.05, 3.63) is 35.5 Å². The predicted molar refractivity (Wildman–Crippen MR) is 65.0 cm³/mol. The van der Waals surface area contributed by atoms with Crippen LogP contribution in [0.5, 0.6) is 0 Å². The highest BCUT2D eigenvalue weighted by molar-refractivity contribution is 7.79. The summed E-state index contributed by atoms with van der Waals surface area (Å²) in [7, 11) is 0. The fourth-order valence-electron chi connectivity index (χ4n) is 1.87. The SMILES string of the molecule is CCn1cc(CS)c2ccc(C)cc21. The number of aromatic nitrogens is 1. The van der Waals surface area contributed by atoms with E-state index in [9.17, 15) is 0 Å². The van der Waals surface area contributed by atoms with Crippen LogP contribution >= 0.6 is 12.6 Å². The summed E-state index contributed by atoms with van der Waals surface area (Å²) >= 11 is 4.35. The van der Waals surface area contributed by atoms with Gasteiger partial charge < -0.3 is 4.57 Å². The van der Waals surface area contributed by atoms with Gasteiger partial charge in [-0.3, -0.25) is 0 Å². The molecule has 1 nitrogen and oxygen atoms in total. The summed E-state index contributed by atoms with van der Waals surface area (Å²) in [4.78, 5) is 0. The average Bonchev–Trinajstić information content (AvgIpc) is 2.55. The number of nitrogens with zero attached hydrogens (tertiary/aromatic N) is 1. The lowest BCUT2D eigenvalue weighted by atomic mass is 10.1. The first-order chi connectivity index (χ1) is 6.76. The molecule has 0 bridgehead atoms. The Bertz CT molecular complexity index is 457. The minimum absolute atomic E-state index is 0.812. The zero-order chi connectivity index (χ0) is 10.1. The number of fused-ring (bicyclic) bond motifs is 1. The number of thiol groups is 1. The van der Waals surface area contributed by atoms with Crippen LogP contribution in [0.2, 0.25) is 0 Å². The molecule has 2 rings (SSSR count). The van der Waals surface area contributed by atoms with Gasteiger partial charge in [0.25, 0.3) is 0 Å². The third-order valence-electron chi connectivity index (χ3n) is 2.63. The van der Waals surface area contributed by atoms with Gasteiger partial charge in [0.15, 0.2) is 0 Å². The molecule has 0 atom stereocenters. The minimum atomic E-state index is 0.812. The number of rotatable bonds is 2. The molecule has 0 amide bonds. The number of hydrogen-bond acceptors (Lipinski definition) is 1. The van der Waals surface area contributed by atoms with E-state index >= 15 is 0 Å². The normalized spacial score (nSPS) is 11.1. The topological polar surface area (TPSA) is 4.93 Å². The largest absolute Gasteiger partial charge is 0.347 e. The van der Waals surface area contributed by atoms with Crippen molar-refractivity contribution in [3.8, 4) is 0 Å². The summed E-state index contributed by atoms with van der Waals surface area (Å²) in [5, 5.41) is 1.34. The van der Waals surface area contributed by atoms with E-state index in [4.69, 9.17) is 0 Å². The van der Waals surface area contributed by atoms with Crippen LogP contribution in [-0.2, 0) is 12.3 Å². The minimum Gasteiger partial charge on any atom is -0.347 e. The molecule has 0 radical (unpaired) electrons. The van der Waals surface area contributed by atoms with Crippen LogP contribution in [0.1, 0.15) is 18.1 Å². The Hall–Kier alpha value is -0.890. The van der Waals surface area contributed by atoms with E-state index in [2.05, 4.69) is 55.4 Å². The molecule has 0 saturated carbocycles. The van der Waals surface area contributed by atoms with Crippen LogP contribution in [0.4, 0.5) is 0 Å². The van der Waals surface area contributed by atoms with Crippen molar-refractivity contribution in [2.45, 2.75) is 26.1 Å². The second-order valence-corrected chi connectivity index (χ2v) is 3.94. The van der Waals surface area contributed by atoms with E-state index in [1.807, 2.05) is 0 Å². The first-order valence-corrected chi connectivity index (χ1v) is 5.58. The van der Waals surface area contributed by atoms with Crippen LogP contribution in [0, 0.1) is 6.92 Å². The van der Waals surface area contributed by atoms with Gasteiger partial charge in [-0.1, -0.05) is 12.1 Å². The quantitative estimate of drug-likeness (QED) is 0.717. The number of hydrogen-bond donors (Lipinski definition) is 1. The molecule has 1 aromatic carbocycles. The summed E-state index contributed by atoms with van der Waals surface area (Å²) in [6.45, 7) is 5.32. The van der Waals surface area contributed by atoms with Gasteiger partial charge in [0.2, 0.25) is 0 Å². The fraction of sp³-hybridized carbons (Fsp3) is 0.333. The molecule has 2 aromatic rings. The van der Waals surface area contributed by atoms with E-state index < -0.39 is 0 Å². The van der Waals surface area contributed by atoms with Gasteiger partial charge in [-0.05, 0) is 31.0 Å². The molecule has 0 aliphatic carbocycles. The molecular formula is C12H15NS. The van der Waals surface area contributed by atoms with Crippen molar-refractivity contribution >= 4 is 23.5 Å². The summed E-state index contributed by atoms with van der Waals surface area (Å²) in [6.07, 6.45) is 2.21. The lowest BCUT2D eigenvalue weighted by molar-refractivity contribution is 0.795. The molecule has 2 heteroatoms. The standard InChI is InChI=1S/C12H15NS/c1-3-13-7-10(8-14)11-5-4-9(2)6-12(11)13/h4-7,14H,3,8H2,1-2H3. The smallest absolute Gasteiger partial charge is 0.0486 e. The maximum Gasteiger partial charge on any atom is 0.0486 e. The molecule has 0 fully saturated rings. The van der Waals surface area contributed by atoms with Crippen LogP contribution in [0.25, 0.3) is 10.9 Å². The van der Waals surface area contributed by atoms with Crippen molar-refractivity contribution in [1.82, 2.24) is 4.57 Å². The Morgan fingerprint density at radius 1 is 1.36 bits per heavy atom. The highest BCUT2D eigenvalue weighted by Gasteiger charge is 2.05. The summed E-state index contributed by atoms with van der Waals surface area (Å²) in [5.41, 5.74) is 3.97. The molecule has 14 heavy (non-hydrogen) atoms. The van der Waals surface area contributed by atoms with Crippen LogP contribution in [-0.4, -0.2) is 4.57 Å². The molecule has 0 unspecified atom stereocenters. The first kappa shape index (κ1) is 9.66. The highest BCUT2D eigenvalue weighted by atomic mass is 32.1. The Kier molecular flexibility index (Phi) is 2.55.